The van der Waals surface area contributed by atoms with Crippen molar-refractivity contribution in [1.82, 2.24) is 0 Å². The predicted molar refractivity (Wildman–Crippen MR) is 148 cm³/mol. The first-order chi connectivity index (χ1) is 18.0. The molecule has 1 N–H and O–H groups in total. The van der Waals surface area contributed by atoms with E-state index in [0.29, 0.717) is 30.1 Å². The molecule has 0 saturated carbocycles. The molecule has 2 aromatic carbocycles. The largest absolute Gasteiger partial charge is 0.508 e. The van der Waals surface area contributed by atoms with Crippen LogP contribution in [0.2, 0.25) is 0 Å². The molecule has 1 radical (unpaired) electrons. The van der Waals surface area contributed by atoms with Crippen LogP contribution in [-0.4, -0.2) is 37.4 Å². The van der Waals surface area contributed by atoms with E-state index in [-0.39, 0.29) is 22.8 Å². The van der Waals surface area contributed by atoms with E-state index in [1.807, 2.05) is 0 Å². The van der Waals surface area contributed by atoms with Crippen molar-refractivity contribution < 1.29 is 46.0 Å². The fourth-order valence-electron chi connectivity index (χ4n) is 3.70. The van der Waals surface area contributed by atoms with Gasteiger partial charge in [0.15, 0.2) is 0 Å². The Morgan fingerprint density at radius 3 is 1.50 bits per heavy atom. The van der Waals surface area contributed by atoms with Gasteiger partial charge in [0, 0.05) is 23.1 Å². The Morgan fingerprint density at radius 2 is 1.11 bits per heavy atom. The molecule has 0 aliphatic carbocycles. The standard InChI is InChI=1S/C24H38O4.C7H8O2.Cu/c1-3-5-7-9-11-15-19-27-23(25)21-17-13-14-18-22(21)24(26)28-20-16-12-10-8-6-4-2;1-9-7-4-2-3-6(8)5-7;/h13-14,17-18H,3-12,15-16,19-20H2,1-2H3;2-5,8H,1H3;. The molecule has 0 fully saturated rings. The number of carbonyl (C=O) groups excluding carboxylic acids is 2. The summed E-state index contributed by atoms with van der Waals surface area (Å²) in [6, 6.07) is 13.4. The Bertz CT molecular complexity index is 837. The van der Waals surface area contributed by atoms with Gasteiger partial charge in [0.25, 0.3) is 0 Å². The molecule has 2 rings (SSSR count). The summed E-state index contributed by atoms with van der Waals surface area (Å²) in [6.07, 6.45) is 13.6. The van der Waals surface area contributed by atoms with Crippen LogP contribution < -0.4 is 4.74 Å². The van der Waals surface area contributed by atoms with Gasteiger partial charge in [-0.1, -0.05) is 96.3 Å². The Labute approximate surface area is 239 Å². The van der Waals surface area contributed by atoms with Crippen molar-refractivity contribution in [2.24, 2.45) is 0 Å². The molecule has 0 heterocycles. The van der Waals surface area contributed by atoms with Gasteiger partial charge in [0.1, 0.15) is 11.5 Å². The number of hydrogen-bond acceptors (Lipinski definition) is 6. The summed E-state index contributed by atoms with van der Waals surface area (Å²) in [5, 5.41) is 8.86. The first-order valence-corrected chi connectivity index (χ1v) is 13.8. The number of hydrogen-bond donors (Lipinski definition) is 1. The van der Waals surface area contributed by atoms with Crippen LogP contribution in [-0.2, 0) is 26.5 Å². The van der Waals surface area contributed by atoms with Crippen molar-refractivity contribution >= 4 is 11.9 Å². The van der Waals surface area contributed by atoms with Gasteiger partial charge in [0.2, 0.25) is 0 Å². The Balaban J connectivity index is 0.00000115. The normalized spacial score (nSPS) is 9.97. The second-order valence-corrected chi connectivity index (χ2v) is 9.05. The monoisotopic (exact) mass is 577 g/mol. The van der Waals surface area contributed by atoms with Crippen LogP contribution in [0.3, 0.4) is 0 Å². The number of ether oxygens (including phenoxy) is 3. The van der Waals surface area contributed by atoms with E-state index in [9.17, 15) is 9.59 Å². The smallest absolute Gasteiger partial charge is 0.339 e. The number of phenolic OH excluding ortho intramolecular Hbond substituents is 1. The molecule has 0 aliphatic heterocycles. The third-order valence-electron chi connectivity index (χ3n) is 5.88. The number of methoxy groups -OCH3 is 1. The zero-order valence-corrected chi connectivity index (χ0v) is 24.2. The summed E-state index contributed by atoms with van der Waals surface area (Å²) in [5.41, 5.74) is 0.586. The topological polar surface area (TPSA) is 82.1 Å². The van der Waals surface area contributed by atoms with E-state index in [2.05, 4.69) is 13.8 Å². The van der Waals surface area contributed by atoms with Gasteiger partial charge in [-0.2, -0.15) is 0 Å². The van der Waals surface area contributed by atoms with Gasteiger partial charge in [-0.3, -0.25) is 0 Å². The molecule has 38 heavy (non-hydrogen) atoms. The van der Waals surface area contributed by atoms with Crippen LogP contribution in [0.4, 0.5) is 0 Å². The minimum atomic E-state index is -0.444. The quantitative estimate of drug-likeness (QED) is 0.116. The fraction of sp³-hybridized carbons (Fsp3) is 0.548. The van der Waals surface area contributed by atoms with Crippen molar-refractivity contribution in [3.8, 4) is 11.5 Å². The Hall–Kier alpha value is -2.50. The molecule has 0 amide bonds. The number of rotatable bonds is 17. The van der Waals surface area contributed by atoms with Gasteiger partial charge >= 0.3 is 11.9 Å². The maximum absolute atomic E-state index is 12.4. The van der Waals surface area contributed by atoms with Crippen LogP contribution in [0.15, 0.2) is 48.5 Å². The number of esters is 2. The molecule has 6 nitrogen and oxygen atoms in total. The van der Waals surface area contributed by atoms with Crippen LogP contribution >= 0.6 is 0 Å². The molecule has 0 unspecified atom stereocenters. The van der Waals surface area contributed by atoms with E-state index in [4.69, 9.17) is 19.3 Å². The summed E-state index contributed by atoms with van der Waals surface area (Å²) >= 11 is 0. The zero-order valence-electron chi connectivity index (χ0n) is 23.3. The van der Waals surface area contributed by atoms with Crippen LogP contribution in [0.25, 0.3) is 0 Å². The summed E-state index contributed by atoms with van der Waals surface area (Å²) in [4.78, 5) is 24.7. The summed E-state index contributed by atoms with van der Waals surface area (Å²) < 4.78 is 15.6. The Morgan fingerprint density at radius 1 is 0.658 bits per heavy atom. The van der Waals surface area contributed by atoms with E-state index in [1.165, 1.54) is 51.4 Å². The van der Waals surface area contributed by atoms with E-state index in [0.717, 1.165) is 25.7 Å². The molecule has 2 aromatic rings. The average Bonchev–Trinajstić information content (AvgIpc) is 2.92. The van der Waals surface area contributed by atoms with Crippen LogP contribution in [0.5, 0.6) is 11.5 Å². The number of phenols is 1. The molecule has 0 aromatic heterocycles. The Kier molecular flexibility index (Phi) is 22.1. The fourth-order valence-corrected chi connectivity index (χ4v) is 3.70. The van der Waals surface area contributed by atoms with Crippen LogP contribution in [0, 0.1) is 0 Å². The van der Waals surface area contributed by atoms with Crippen molar-refractivity contribution in [2.75, 3.05) is 20.3 Å². The van der Waals surface area contributed by atoms with Gasteiger partial charge in [-0.15, -0.1) is 0 Å². The molecule has 0 saturated heterocycles. The molecule has 0 aliphatic rings. The number of unbranched alkanes of at least 4 members (excludes halogenated alkanes) is 10. The second-order valence-electron chi connectivity index (χ2n) is 9.05. The molecule has 217 valence electrons. The molecule has 0 spiro atoms. The first-order valence-electron chi connectivity index (χ1n) is 13.8. The maximum atomic E-state index is 12.4. The summed E-state index contributed by atoms with van der Waals surface area (Å²) in [7, 11) is 1.56. The van der Waals surface area contributed by atoms with E-state index in [1.54, 1.807) is 55.6 Å². The first kappa shape index (κ1) is 35.5. The van der Waals surface area contributed by atoms with E-state index < -0.39 is 11.9 Å². The van der Waals surface area contributed by atoms with Gasteiger partial charge in [0.05, 0.1) is 31.5 Å². The minimum Gasteiger partial charge on any atom is -0.508 e. The maximum Gasteiger partial charge on any atom is 0.339 e. The number of benzene rings is 2. The van der Waals surface area contributed by atoms with Crippen molar-refractivity contribution in [2.45, 2.75) is 90.9 Å². The van der Waals surface area contributed by atoms with Gasteiger partial charge < -0.3 is 19.3 Å². The molecular formula is C31H46CuO6. The molecule has 7 heteroatoms. The van der Waals surface area contributed by atoms with Crippen molar-refractivity contribution in [1.29, 1.82) is 0 Å². The predicted octanol–water partition coefficient (Wildman–Crippen LogP) is 8.12. The number of aromatic hydroxyl groups is 1. The SMILES string of the molecule is CCCCCCCCOC(=O)c1ccccc1C(=O)OCCCCCCCC.COc1cccc(O)c1.[Cu]. The molecular weight excluding hydrogens is 532 g/mol. The summed E-state index contributed by atoms with van der Waals surface area (Å²) in [5.74, 6) is 0.0192. The van der Waals surface area contributed by atoms with E-state index >= 15 is 0 Å². The van der Waals surface area contributed by atoms with Gasteiger partial charge in [-0.05, 0) is 37.1 Å². The molecule has 0 atom stereocenters. The summed E-state index contributed by atoms with van der Waals surface area (Å²) in [6.45, 7) is 5.17. The zero-order chi connectivity index (χ0) is 27.1. The van der Waals surface area contributed by atoms with Crippen molar-refractivity contribution in [3.63, 3.8) is 0 Å². The number of carbonyl (C=O) groups is 2. The van der Waals surface area contributed by atoms with Crippen LogP contribution in [0.1, 0.15) is 112 Å². The third-order valence-corrected chi connectivity index (χ3v) is 5.88. The minimum absolute atomic E-state index is 0. The van der Waals surface area contributed by atoms with Gasteiger partial charge in [-0.25, -0.2) is 9.59 Å². The molecule has 0 bridgehead atoms. The second kappa shape index (κ2) is 23.6. The van der Waals surface area contributed by atoms with Crippen molar-refractivity contribution in [3.05, 3.63) is 59.7 Å². The third kappa shape index (κ3) is 16.4. The average molecular weight is 578 g/mol.